The van der Waals surface area contributed by atoms with E-state index in [2.05, 4.69) is 31.3 Å². The summed E-state index contributed by atoms with van der Waals surface area (Å²) >= 11 is 0. The number of nitrogens with one attached hydrogen (secondary N) is 1. The first kappa shape index (κ1) is 11.8. The van der Waals surface area contributed by atoms with Gasteiger partial charge in [0, 0.05) is 5.39 Å². The fourth-order valence-electron chi connectivity index (χ4n) is 2.89. The van der Waals surface area contributed by atoms with Crippen LogP contribution in [0.15, 0.2) is 16.5 Å². The van der Waals surface area contributed by atoms with Gasteiger partial charge >= 0.3 is 0 Å². The smallest absolute Gasteiger partial charge is 0.134 e. The van der Waals surface area contributed by atoms with Crippen LogP contribution in [0.25, 0.3) is 11.0 Å². The fourth-order valence-corrected chi connectivity index (χ4v) is 2.89. The highest BCUT2D eigenvalue weighted by molar-refractivity contribution is 5.84. The second kappa shape index (κ2) is 4.77. The lowest BCUT2D eigenvalue weighted by atomic mass is 10.1. The molecule has 0 fully saturated rings. The maximum Gasteiger partial charge on any atom is 0.134 e. The Morgan fingerprint density at radius 2 is 2.00 bits per heavy atom. The summed E-state index contributed by atoms with van der Waals surface area (Å²) in [4.78, 5) is 0. The van der Waals surface area contributed by atoms with Crippen molar-refractivity contribution >= 4 is 11.0 Å². The molecule has 0 saturated heterocycles. The number of hydrogen-bond donors (Lipinski definition) is 1. The number of fused-ring (bicyclic) bond motifs is 2. The first-order chi connectivity index (χ1) is 8.79. The van der Waals surface area contributed by atoms with Crippen LogP contribution in [0.3, 0.4) is 0 Å². The molecule has 2 heteroatoms. The van der Waals surface area contributed by atoms with Crippen molar-refractivity contribution in [3.05, 3.63) is 34.6 Å². The molecule has 0 radical (unpaired) electrons. The summed E-state index contributed by atoms with van der Waals surface area (Å²) in [6, 6.07) is 4.60. The maximum atomic E-state index is 6.01. The van der Waals surface area contributed by atoms with Crippen LogP contribution in [0, 0.1) is 6.92 Å². The van der Waals surface area contributed by atoms with Crippen LogP contribution in [-0.4, -0.2) is 6.54 Å². The highest BCUT2D eigenvalue weighted by atomic mass is 16.3. The summed E-state index contributed by atoms with van der Waals surface area (Å²) in [6.45, 7) is 6.26. The van der Waals surface area contributed by atoms with Gasteiger partial charge in [0.25, 0.3) is 0 Å². The predicted molar refractivity (Wildman–Crippen MR) is 75.0 cm³/mol. The second-order valence-corrected chi connectivity index (χ2v) is 5.30. The summed E-state index contributed by atoms with van der Waals surface area (Å²) in [5.74, 6) is 1.10. The Bertz CT molecular complexity index is 568. The van der Waals surface area contributed by atoms with Crippen LogP contribution >= 0.6 is 0 Å². The highest BCUT2D eigenvalue weighted by Crippen LogP contribution is 2.32. The molecule has 1 aromatic heterocycles. The standard InChI is InChI=1S/C16H21NO/c1-3-7-17-10-16-11(2)14-8-12-5-4-6-13(12)9-15(14)18-16/h8-9,17H,3-7,10H2,1-2H3. The molecule has 2 nitrogen and oxygen atoms in total. The molecule has 1 aromatic carbocycles. The zero-order chi connectivity index (χ0) is 12.5. The van der Waals surface area contributed by atoms with Crippen molar-refractivity contribution in [2.24, 2.45) is 0 Å². The molecular formula is C16H21NO. The molecule has 2 aromatic rings. The summed E-state index contributed by atoms with van der Waals surface area (Å²) in [7, 11) is 0. The molecule has 0 atom stereocenters. The van der Waals surface area contributed by atoms with Gasteiger partial charge in [-0.3, -0.25) is 0 Å². The van der Waals surface area contributed by atoms with E-state index in [9.17, 15) is 0 Å². The average molecular weight is 243 g/mol. The molecule has 0 spiro atoms. The molecule has 0 unspecified atom stereocenters. The summed E-state index contributed by atoms with van der Waals surface area (Å²) in [6.07, 6.45) is 4.91. The van der Waals surface area contributed by atoms with E-state index in [-0.39, 0.29) is 0 Å². The van der Waals surface area contributed by atoms with Crippen molar-refractivity contribution in [2.75, 3.05) is 6.54 Å². The number of rotatable bonds is 4. The van der Waals surface area contributed by atoms with Crippen LogP contribution in [-0.2, 0) is 19.4 Å². The minimum absolute atomic E-state index is 0.846. The third-order valence-corrected chi connectivity index (χ3v) is 3.96. The molecular weight excluding hydrogens is 222 g/mol. The van der Waals surface area contributed by atoms with Crippen molar-refractivity contribution in [1.29, 1.82) is 0 Å². The van der Waals surface area contributed by atoms with E-state index in [0.717, 1.165) is 30.9 Å². The molecule has 96 valence electrons. The minimum atomic E-state index is 0.846. The lowest BCUT2D eigenvalue weighted by Gasteiger charge is -2.00. The Morgan fingerprint density at radius 3 is 2.78 bits per heavy atom. The third kappa shape index (κ3) is 1.95. The third-order valence-electron chi connectivity index (χ3n) is 3.96. The zero-order valence-corrected chi connectivity index (χ0v) is 11.3. The lowest BCUT2D eigenvalue weighted by molar-refractivity contribution is 0.510. The molecule has 1 heterocycles. The van der Waals surface area contributed by atoms with E-state index < -0.39 is 0 Å². The molecule has 1 aliphatic carbocycles. The van der Waals surface area contributed by atoms with Crippen molar-refractivity contribution in [3.63, 3.8) is 0 Å². The van der Waals surface area contributed by atoms with Gasteiger partial charge in [-0.2, -0.15) is 0 Å². The van der Waals surface area contributed by atoms with E-state index >= 15 is 0 Å². The summed E-state index contributed by atoms with van der Waals surface area (Å²) < 4.78 is 6.01. The Balaban J connectivity index is 1.95. The molecule has 0 saturated carbocycles. The number of benzene rings is 1. The topological polar surface area (TPSA) is 25.2 Å². The lowest BCUT2D eigenvalue weighted by Crippen LogP contribution is -2.13. The van der Waals surface area contributed by atoms with Gasteiger partial charge in [0.1, 0.15) is 11.3 Å². The minimum Gasteiger partial charge on any atom is -0.459 e. The normalized spacial score (nSPS) is 14.3. The predicted octanol–water partition coefficient (Wildman–Crippen LogP) is 3.73. The Hall–Kier alpha value is -1.28. The van der Waals surface area contributed by atoms with Gasteiger partial charge in [-0.15, -0.1) is 0 Å². The second-order valence-electron chi connectivity index (χ2n) is 5.30. The van der Waals surface area contributed by atoms with Gasteiger partial charge in [-0.05, 0) is 68.0 Å². The van der Waals surface area contributed by atoms with Crippen molar-refractivity contribution in [3.8, 4) is 0 Å². The van der Waals surface area contributed by atoms with Gasteiger partial charge in [0.2, 0.25) is 0 Å². The molecule has 1 aliphatic rings. The number of aryl methyl sites for hydroxylation is 3. The van der Waals surface area contributed by atoms with Gasteiger partial charge in [0.05, 0.1) is 6.54 Å². The largest absolute Gasteiger partial charge is 0.459 e. The van der Waals surface area contributed by atoms with E-state index in [0.29, 0.717) is 0 Å². The SMILES string of the molecule is CCCNCc1oc2cc3c(cc2c1C)CCC3. The van der Waals surface area contributed by atoms with Crippen LogP contribution in [0.4, 0.5) is 0 Å². The van der Waals surface area contributed by atoms with Crippen molar-refractivity contribution in [1.82, 2.24) is 5.32 Å². The van der Waals surface area contributed by atoms with E-state index in [1.54, 1.807) is 0 Å². The molecule has 18 heavy (non-hydrogen) atoms. The molecule has 1 N–H and O–H groups in total. The maximum absolute atomic E-state index is 6.01. The molecule has 0 bridgehead atoms. The van der Waals surface area contributed by atoms with Crippen LogP contribution in [0.2, 0.25) is 0 Å². The molecule has 3 rings (SSSR count). The molecule has 0 amide bonds. The quantitative estimate of drug-likeness (QED) is 0.828. The first-order valence-electron chi connectivity index (χ1n) is 7.04. The average Bonchev–Trinajstić information content (AvgIpc) is 2.93. The zero-order valence-electron chi connectivity index (χ0n) is 11.3. The Kier molecular flexibility index (Phi) is 3.13. The highest BCUT2D eigenvalue weighted by Gasteiger charge is 2.16. The van der Waals surface area contributed by atoms with Crippen LogP contribution in [0.5, 0.6) is 0 Å². The first-order valence-corrected chi connectivity index (χ1v) is 7.04. The van der Waals surface area contributed by atoms with Gasteiger partial charge in [0.15, 0.2) is 0 Å². The van der Waals surface area contributed by atoms with Crippen molar-refractivity contribution < 1.29 is 4.42 Å². The molecule has 0 aliphatic heterocycles. The number of furan rings is 1. The summed E-state index contributed by atoms with van der Waals surface area (Å²) in [5, 5.41) is 4.73. The van der Waals surface area contributed by atoms with E-state index in [1.807, 2.05) is 0 Å². The summed E-state index contributed by atoms with van der Waals surface area (Å²) in [5.41, 5.74) is 5.40. The van der Waals surface area contributed by atoms with Gasteiger partial charge < -0.3 is 9.73 Å². The van der Waals surface area contributed by atoms with Crippen LogP contribution in [0.1, 0.15) is 42.2 Å². The van der Waals surface area contributed by atoms with Gasteiger partial charge in [-0.25, -0.2) is 0 Å². The monoisotopic (exact) mass is 243 g/mol. The van der Waals surface area contributed by atoms with Gasteiger partial charge in [-0.1, -0.05) is 6.92 Å². The van der Waals surface area contributed by atoms with E-state index in [4.69, 9.17) is 4.42 Å². The fraction of sp³-hybridized carbons (Fsp3) is 0.500. The number of hydrogen-bond acceptors (Lipinski definition) is 2. The van der Waals surface area contributed by atoms with E-state index in [1.165, 1.54) is 41.3 Å². The Labute approximate surface area is 108 Å². The Morgan fingerprint density at radius 1 is 1.22 bits per heavy atom. The van der Waals surface area contributed by atoms with Crippen molar-refractivity contribution in [2.45, 2.75) is 46.1 Å². The van der Waals surface area contributed by atoms with Crippen LogP contribution < -0.4 is 5.32 Å².